The molecule has 0 bridgehead atoms. The van der Waals surface area contributed by atoms with Crippen molar-refractivity contribution in [3.05, 3.63) is 57.4 Å². The second-order valence-corrected chi connectivity index (χ2v) is 5.99. The third-order valence-corrected chi connectivity index (χ3v) is 3.96. The standard InChI is InChI=1S/C16H11Cl3N2O3/c1-2-23-16(22)13-8-12(14-4-3-5-24-14)20-21(13)15-10(18)6-9(17)7-11(15)19/h3-8H,2H2,1H3. The SMILES string of the molecule is CCOC(=O)c1cc(-c2ccco2)nn1-c1c(Cl)cc(Cl)cc1Cl. The topological polar surface area (TPSA) is 57.3 Å². The van der Waals surface area contributed by atoms with E-state index in [9.17, 15) is 4.79 Å². The number of benzene rings is 1. The first kappa shape index (κ1) is 16.9. The van der Waals surface area contributed by atoms with E-state index >= 15 is 0 Å². The Morgan fingerprint density at radius 2 is 1.96 bits per heavy atom. The van der Waals surface area contributed by atoms with E-state index in [2.05, 4.69) is 5.10 Å². The summed E-state index contributed by atoms with van der Waals surface area (Å²) in [6, 6.07) is 8.05. The fourth-order valence-electron chi connectivity index (χ4n) is 2.18. The van der Waals surface area contributed by atoms with Crippen LogP contribution in [0, 0.1) is 0 Å². The predicted molar refractivity (Wildman–Crippen MR) is 92.3 cm³/mol. The number of hydrogen-bond acceptors (Lipinski definition) is 4. The average molecular weight is 386 g/mol. The fraction of sp³-hybridized carbons (Fsp3) is 0.125. The molecular weight excluding hydrogens is 375 g/mol. The maximum atomic E-state index is 12.3. The largest absolute Gasteiger partial charge is 0.463 e. The van der Waals surface area contributed by atoms with E-state index in [1.807, 2.05) is 0 Å². The molecule has 2 heterocycles. The first-order valence-electron chi connectivity index (χ1n) is 6.97. The molecule has 8 heteroatoms. The molecule has 2 aromatic heterocycles. The van der Waals surface area contributed by atoms with Crippen LogP contribution in [0.1, 0.15) is 17.4 Å². The zero-order valence-electron chi connectivity index (χ0n) is 12.4. The highest BCUT2D eigenvalue weighted by atomic mass is 35.5. The molecule has 0 aliphatic rings. The molecule has 0 saturated carbocycles. The van der Waals surface area contributed by atoms with Crippen LogP contribution in [0.4, 0.5) is 0 Å². The monoisotopic (exact) mass is 384 g/mol. The van der Waals surface area contributed by atoms with Gasteiger partial charge in [-0.2, -0.15) is 5.10 Å². The summed E-state index contributed by atoms with van der Waals surface area (Å²) in [5, 5.41) is 5.28. The van der Waals surface area contributed by atoms with Gasteiger partial charge in [0, 0.05) is 11.1 Å². The van der Waals surface area contributed by atoms with Gasteiger partial charge in [0.05, 0.1) is 22.9 Å². The molecule has 0 saturated heterocycles. The van der Waals surface area contributed by atoms with Crippen molar-refractivity contribution >= 4 is 40.8 Å². The Hall–Kier alpha value is -1.95. The zero-order chi connectivity index (χ0) is 17.3. The Balaban J connectivity index is 2.21. The van der Waals surface area contributed by atoms with E-state index in [-0.39, 0.29) is 22.3 Å². The van der Waals surface area contributed by atoms with Crippen LogP contribution in [-0.4, -0.2) is 22.4 Å². The van der Waals surface area contributed by atoms with Crippen LogP contribution in [0.25, 0.3) is 17.1 Å². The second-order valence-electron chi connectivity index (χ2n) is 4.74. The van der Waals surface area contributed by atoms with Crippen LogP contribution in [-0.2, 0) is 4.74 Å². The third kappa shape index (κ3) is 3.15. The van der Waals surface area contributed by atoms with Crippen LogP contribution < -0.4 is 0 Å². The summed E-state index contributed by atoms with van der Waals surface area (Å²) in [5.74, 6) is -0.0506. The molecule has 0 aliphatic heterocycles. The number of halogens is 3. The summed E-state index contributed by atoms with van der Waals surface area (Å²) >= 11 is 18.4. The van der Waals surface area contributed by atoms with Gasteiger partial charge in [-0.05, 0) is 31.2 Å². The first-order chi connectivity index (χ1) is 11.5. The Morgan fingerprint density at radius 3 is 2.54 bits per heavy atom. The zero-order valence-corrected chi connectivity index (χ0v) is 14.7. The van der Waals surface area contributed by atoms with Crippen molar-refractivity contribution in [3.63, 3.8) is 0 Å². The molecular formula is C16H11Cl3N2O3. The second kappa shape index (κ2) is 6.89. The molecule has 0 amide bonds. The van der Waals surface area contributed by atoms with Crippen molar-refractivity contribution in [2.24, 2.45) is 0 Å². The van der Waals surface area contributed by atoms with Crippen LogP contribution >= 0.6 is 34.8 Å². The number of furan rings is 1. The molecule has 0 fully saturated rings. The molecule has 0 unspecified atom stereocenters. The molecule has 3 rings (SSSR count). The molecule has 0 aliphatic carbocycles. The summed E-state index contributed by atoms with van der Waals surface area (Å²) in [6.07, 6.45) is 1.51. The lowest BCUT2D eigenvalue weighted by atomic mass is 10.3. The maximum Gasteiger partial charge on any atom is 0.357 e. The molecule has 124 valence electrons. The van der Waals surface area contributed by atoms with Crippen LogP contribution in [0.5, 0.6) is 0 Å². The predicted octanol–water partition coefficient (Wildman–Crippen LogP) is 5.27. The molecule has 0 spiro atoms. The number of aromatic nitrogens is 2. The molecule has 0 atom stereocenters. The molecule has 3 aromatic rings. The number of carbonyl (C=O) groups excluding carboxylic acids is 1. The number of ether oxygens (including phenoxy) is 1. The lowest BCUT2D eigenvalue weighted by Gasteiger charge is -2.11. The summed E-state index contributed by atoms with van der Waals surface area (Å²) in [4.78, 5) is 12.3. The molecule has 0 N–H and O–H groups in total. The Labute approximate surface area is 152 Å². The van der Waals surface area contributed by atoms with Gasteiger partial charge < -0.3 is 9.15 Å². The van der Waals surface area contributed by atoms with Gasteiger partial charge in [-0.15, -0.1) is 0 Å². The molecule has 5 nitrogen and oxygen atoms in total. The van der Waals surface area contributed by atoms with E-state index in [1.54, 1.807) is 25.1 Å². The average Bonchev–Trinajstić information content (AvgIpc) is 3.15. The van der Waals surface area contributed by atoms with Crippen molar-refractivity contribution in [1.82, 2.24) is 9.78 Å². The van der Waals surface area contributed by atoms with Gasteiger partial charge in [0.2, 0.25) is 0 Å². The van der Waals surface area contributed by atoms with E-state index in [0.717, 1.165) is 0 Å². The van der Waals surface area contributed by atoms with Crippen molar-refractivity contribution < 1.29 is 13.9 Å². The number of esters is 1. The van der Waals surface area contributed by atoms with Gasteiger partial charge in [0.1, 0.15) is 11.4 Å². The highest BCUT2D eigenvalue weighted by molar-refractivity contribution is 6.40. The summed E-state index contributed by atoms with van der Waals surface area (Å²) in [5.41, 5.74) is 0.961. The lowest BCUT2D eigenvalue weighted by molar-refractivity contribution is 0.0516. The van der Waals surface area contributed by atoms with Gasteiger partial charge in [0.25, 0.3) is 0 Å². The van der Waals surface area contributed by atoms with Gasteiger partial charge in [-0.3, -0.25) is 0 Å². The quantitative estimate of drug-likeness (QED) is 0.574. The van der Waals surface area contributed by atoms with Gasteiger partial charge in [-0.1, -0.05) is 34.8 Å². The number of carbonyl (C=O) groups is 1. The summed E-state index contributed by atoms with van der Waals surface area (Å²) in [6.45, 7) is 1.94. The van der Waals surface area contributed by atoms with Crippen molar-refractivity contribution in [1.29, 1.82) is 0 Å². The maximum absolute atomic E-state index is 12.3. The Kier molecular flexibility index (Phi) is 4.85. The minimum Gasteiger partial charge on any atom is -0.463 e. The highest BCUT2D eigenvalue weighted by Crippen LogP contribution is 2.34. The van der Waals surface area contributed by atoms with Gasteiger partial charge in [-0.25, -0.2) is 9.48 Å². The third-order valence-electron chi connectivity index (χ3n) is 3.16. The Morgan fingerprint density at radius 1 is 1.25 bits per heavy atom. The van der Waals surface area contributed by atoms with Gasteiger partial charge >= 0.3 is 5.97 Å². The smallest absolute Gasteiger partial charge is 0.357 e. The van der Waals surface area contributed by atoms with Crippen molar-refractivity contribution in [2.45, 2.75) is 6.92 Å². The molecule has 1 aromatic carbocycles. The van der Waals surface area contributed by atoms with Gasteiger partial charge in [0.15, 0.2) is 11.5 Å². The molecule has 24 heavy (non-hydrogen) atoms. The molecule has 0 radical (unpaired) electrons. The van der Waals surface area contributed by atoms with Crippen LogP contribution in [0.3, 0.4) is 0 Å². The minimum atomic E-state index is -0.551. The number of hydrogen-bond donors (Lipinski definition) is 0. The number of nitrogens with zero attached hydrogens (tertiary/aromatic N) is 2. The van der Waals surface area contributed by atoms with E-state index in [4.69, 9.17) is 44.0 Å². The van der Waals surface area contributed by atoms with E-state index < -0.39 is 5.97 Å². The van der Waals surface area contributed by atoms with Crippen molar-refractivity contribution in [3.8, 4) is 17.1 Å². The number of rotatable bonds is 4. The van der Waals surface area contributed by atoms with E-state index in [1.165, 1.54) is 23.1 Å². The first-order valence-corrected chi connectivity index (χ1v) is 8.10. The Bertz CT molecular complexity index is 865. The normalized spacial score (nSPS) is 10.8. The van der Waals surface area contributed by atoms with Crippen molar-refractivity contribution in [2.75, 3.05) is 6.61 Å². The lowest BCUT2D eigenvalue weighted by Crippen LogP contribution is -2.12. The summed E-state index contributed by atoms with van der Waals surface area (Å²) in [7, 11) is 0. The van der Waals surface area contributed by atoms with E-state index in [0.29, 0.717) is 22.2 Å². The van der Waals surface area contributed by atoms with Crippen LogP contribution in [0.15, 0.2) is 41.0 Å². The fourth-order valence-corrected chi connectivity index (χ4v) is 3.16. The van der Waals surface area contributed by atoms with Crippen LogP contribution in [0.2, 0.25) is 15.1 Å². The minimum absolute atomic E-state index is 0.175. The highest BCUT2D eigenvalue weighted by Gasteiger charge is 2.23. The summed E-state index contributed by atoms with van der Waals surface area (Å²) < 4.78 is 11.7.